The van der Waals surface area contributed by atoms with Crippen LogP contribution in [-0.4, -0.2) is 31.3 Å². The Labute approximate surface area is 178 Å². The van der Waals surface area contributed by atoms with Gasteiger partial charge < -0.3 is 20.1 Å². The Kier molecular flexibility index (Phi) is 6.77. The van der Waals surface area contributed by atoms with Gasteiger partial charge in [-0.1, -0.05) is 25.1 Å². The van der Waals surface area contributed by atoms with Gasteiger partial charge in [-0.05, 0) is 80.0 Å². The van der Waals surface area contributed by atoms with E-state index in [1.807, 2.05) is 36.9 Å². The van der Waals surface area contributed by atoms with E-state index in [4.69, 9.17) is 15.2 Å². The fourth-order valence-corrected chi connectivity index (χ4v) is 4.09. The van der Waals surface area contributed by atoms with Crippen LogP contribution in [0.15, 0.2) is 36.4 Å². The molecule has 0 aliphatic carbocycles. The lowest BCUT2D eigenvalue weighted by atomic mass is 9.92. The van der Waals surface area contributed by atoms with Gasteiger partial charge in [-0.3, -0.25) is 4.79 Å². The first-order valence-electron chi connectivity index (χ1n) is 10.4. The zero-order chi connectivity index (χ0) is 21.8. The van der Waals surface area contributed by atoms with Crippen LogP contribution in [0.3, 0.4) is 0 Å². The van der Waals surface area contributed by atoms with E-state index in [1.165, 1.54) is 5.56 Å². The van der Waals surface area contributed by atoms with Crippen LogP contribution in [0, 0.1) is 19.8 Å². The summed E-state index contributed by atoms with van der Waals surface area (Å²) in [6.07, 6.45) is 0.660. The number of benzene rings is 2. The Morgan fingerprint density at radius 3 is 2.53 bits per heavy atom. The van der Waals surface area contributed by atoms with E-state index >= 15 is 0 Å². The number of rotatable bonds is 5. The Bertz CT molecular complexity index is 918. The Morgan fingerprint density at radius 2 is 1.87 bits per heavy atom. The summed E-state index contributed by atoms with van der Waals surface area (Å²) >= 11 is 0. The van der Waals surface area contributed by atoms with Crippen LogP contribution in [0.2, 0.25) is 0 Å². The van der Waals surface area contributed by atoms with Gasteiger partial charge in [-0.15, -0.1) is 0 Å². The summed E-state index contributed by atoms with van der Waals surface area (Å²) in [4.78, 5) is 26.6. The molecule has 0 bridgehead atoms. The number of ether oxygens (including phenoxy) is 2. The van der Waals surface area contributed by atoms with Gasteiger partial charge in [0.15, 0.2) is 0 Å². The lowest BCUT2D eigenvalue weighted by Gasteiger charge is -2.34. The van der Waals surface area contributed by atoms with Gasteiger partial charge in [0, 0.05) is 12.2 Å². The summed E-state index contributed by atoms with van der Waals surface area (Å²) < 4.78 is 10.0. The number of nitrogens with two attached hydrogens (primary N) is 1. The van der Waals surface area contributed by atoms with Gasteiger partial charge in [0.05, 0.1) is 12.6 Å². The van der Waals surface area contributed by atoms with Crippen LogP contribution in [0.5, 0.6) is 5.75 Å². The Morgan fingerprint density at radius 1 is 1.20 bits per heavy atom. The molecule has 0 fully saturated rings. The average molecular weight is 411 g/mol. The van der Waals surface area contributed by atoms with E-state index in [2.05, 4.69) is 13.0 Å². The van der Waals surface area contributed by atoms with Crippen LogP contribution in [-0.2, 0) is 22.4 Å². The molecule has 2 unspecified atom stereocenters. The van der Waals surface area contributed by atoms with Crippen molar-refractivity contribution in [3.05, 3.63) is 58.7 Å². The first-order valence-corrected chi connectivity index (χ1v) is 10.4. The molecule has 6 heteroatoms. The Balaban J connectivity index is 1.77. The number of para-hydroxylation sites is 1. The quantitative estimate of drug-likeness (QED) is 0.596. The normalized spacial score (nSPS) is 16.6. The summed E-state index contributed by atoms with van der Waals surface area (Å²) in [6.45, 7) is 8.66. The molecule has 0 spiro atoms. The van der Waals surface area contributed by atoms with Crippen LogP contribution >= 0.6 is 0 Å². The molecule has 0 aromatic heterocycles. The third kappa shape index (κ3) is 4.82. The van der Waals surface area contributed by atoms with Crippen LogP contribution in [0.25, 0.3) is 0 Å². The molecule has 1 amide bonds. The summed E-state index contributed by atoms with van der Waals surface area (Å²) in [5.41, 5.74) is 11.4. The zero-order valence-corrected chi connectivity index (χ0v) is 18.1. The molecule has 0 saturated carbocycles. The first-order chi connectivity index (χ1) is 14.3. The topological polar surface area (TPSA) is 81.9 Å². The second-order valence-corrected chi connectivity index (χ2v) is 8.02. The number of hydrogen-bond donors (Lipinski definition) is 1. The van der Waals surface area contributed by atoms with Crippen LogP contribution in [0.4, 0.5) is 10.5 Å². The average Bonchev–Trinajstić information content (AvgIpc) is 2.69. The van der Waals surface area contributed by atoms with E-state index in [0.29, 0.717) is 24.6 Å². The molecular weight excluding hydrogens is 380 g/mol. The van der Waals surface area contributed by atoms with E-state index in [1.54, 1.807) is 19.1 Å². The lowest BCUT2D eigenvalue weighted by Crippen LogP contribution is -2.48. The van der Waals surface area contributed by atoms with Crippen molar-refractivity contribution in [1.82, 2.24) is 0 Å². The highest BCUT2D eigenvalue weighted by Crippen LogP contribution is 2.30. The number of amides is 1. The molecule has 3 rings (SSSR count). The van der Waals surface area contributed by atoms with Gasteiger partial charge in [-0.25, -0.2) is 4.79 Å². The number of fused-ring (bicyclic) bond motifs is 1. The fraction of sp³-hybridized carbons (Fsp3) is 0.417. The lowest BCUT2D eigenvalue weighted by molar-refractivity contribution is -0.120. The SMILES string of the molecule is CCOC(=O)Oc1cc(C)c(CC(N)C(=O)N2CC(C)Cc3ccccc32)c(C)c1. The van der Waals surface area contributed by atoms with E-state index in [0.717, 1.165) is 28.8 Å². The minimum atomic E-state index is -0.728. The third-order valence-electron chi connectivity index (χ3n) is 5.49. The fourth-order valence-electron chi connectivity index (χ4n) is 4.09. The summed E-state index contributed by atoms with van der Waals surface area (Å²) in [5.74, 6) is 0.740. The standard InChI is InChI=1S/C24H30N2O4/c1-5-29-24(28)30-19-11-16(3)20(17(4)12-19)13-21(25)23(27)26-14-15(2)10-18-8-6-7-9-22(18)26/h6-9,11-12,15,21H,5,10,13-14,25H2,1-4H3. The van der Waals surface area contributed by atoms with Gasteiger partial charge in [0.1, 0.15) is 5.75 Å². The van der Waals surface area contributed by atoms with Crippen molar-refractivity contribution in [3.63, 3.8) is 0 Å². The van der Waals surface area contributed by atoms with Crippen molar-refractivity contribution in [2.24, 2.45) is 11.7 Å². The first kappa shape index (κ1) is 21.8. The monoisotopic (exact) mass is 410 g/mol. The highest BCUT2D eigenvalue weighted by Gasteiger charge is 2.30. The predicted octanol–water partition coefficient (Wildman–Crippen LogP) is 3.93. The number of nitrogens with zero attached hydrogens (tertiary/aromatic N) is 1. The second kappa shape index (κ2) is 9.30. The molecule has 1 heterocycles. The van der Waals surface area contributed by atoms with Gasteiger partial charge >= 0.3 is 6.16 Å². The van der Waals surface area contributed by atoms with E-state index < -0.39 is 12.2 Å². The maximum atomic E-state index is 13.2. The molecule has 2 atom stereocenters. The van der Waals surface area contributed by atoms with Crippen molar-refractivity contribution in [3.8, 4) is 5.75 Å². The summed E-state index contributed by atoms with van der Waals surface area (Å²) in [5, 5.41) is 0. The highest BCUT2D eigenvalue weighted by atomic mass is 16.7. The van der Waals surface area contributed by atoms with Crippen LogP contribution < -0.4 is 15.4 Å². The number of carbonyl (C=O) groups is 2. The molecular formula is C24H30N2O4. The van der Waals surface area contributed by atoms with Gasteiger partial charge in [-0.2, -0.15) is 0 Å². The number of anilines is 1. The molecule has 0 radical (unpaired) electrons. The van der Waals surface area contributed by atoms with Gasteiger partial charge in [0.2, 0.25) is 5.91 Å². The molecule has 160 valence electrons. The predicted molar refractivity (Wildman–Crippen MR) is 117 cm³/mol. The van der Waals surface area contributed by atoms with Gasteiger partial charge in [0.25, 0.3) is 0 Å². The maximum Gasteiger partial charge on any atom is 0.513 e. The molecule has 2 aromatic rings. The van der Waals surface area contributed by atoms with Crippen molar-refractivity contribution in [1.29, 1.82) is 0 Å². The number of hydrogen-bond acceptors (Lipinski definition) is 5. The van der Waals surface area contributed by atoms with Crippen LogP contribution in [0.1, 0.15) is 36.1 Å². The molecule has 2 aromatic carbocycles. The maximum absolute atomic E-state index is 13.2. The van der Waals surface area contributed by atoms with E-state index in [-0.39, 0.29) is 12.5 Å². The molecule has 2 N–H and O–H groups in total. The highest BCUT2D eigenvalue weighted by molar-refractivity contribution is 5.98. The summed E-state index contributed by atoms with van der Waals surface area (Å²) in [6, 6.07) is 10.9. The Hall–Kier alpha value is -2.86. The second-order valence-electron chi connectivity index (χ2n) is 8.02. The summed E-state index contributed by atoms with van der Waals surface area (Å²) in [7, 11) is 0. The minimum absolute atomic E-state index is 0.0698. The largest absolute Gasteiger partial charge is 0.513 e. The molecule has 30 heavy (non-hydrogen) atoms. The molecule has 6 nitrogen and oxygen atoms in total. The van der Waals surface area contributed by atoms with Crippen molar-refractivity contribution in [2.75, 3.05) is 18.1 Å². The van der Waals surface area contributed by atoms with Crippen molar-refractivity contribution >= 4 is 17.7 Å². The number of carbonyl (C=O) groups excluding carboxylic acids is 2. The van der Waals surface area contributed by atoms with Crippen molar-refractivity contribution < 1.29 is 19.1 Å². The zero-order valence-electron chi connectivity index (χ0n) is 18.1. The molecule has 0 saturated heterocycles. The third-order valence-corrected chi connectivity index (χ3v) is 5.49. The smallest absolute Gasteiger partial charge is 0.434 e. The van der Waals surface area contributed by atoms with Crippen molar-refractivity contribution in [2.45, 2.75) is 46.6 Å². The number of aryl methyl sites for hydroxylation is 2. The molecule has 1 aliphatic heterocycles. The minimum Gasteiger partial charge on any atom is -0.434 e. The van der Waals surface area contributed by atoms with E-state index in [9.17, 15) is 9.59 Å². The molecule has 1 aliphatic rings.